The molecule has 25 heavy (non-hydrogen) atoms. The molecular weight excluding hydrogens is 308 g/mol. The van der Waals surface area contributed by atoms with Gasteiger partial charge in [-0.05, 0) is 43.0 Å². The van der Waals surface area contributed by atoms with Crippen LogP contribution in [0.25, 0.3) is 10.9 Å². The molecule has 4 heteroatoms. The SMILES string of the molecule is CCc1cc(N2CCC(CNc3ccccn3)C2)c2ccccc2n1. The van der Waals surface area contributed by atoms with Crippen LogP contribution in [0, 0.1) is 5.92 Å². The fourth-order valence-electron chi connectivity index (χ4n) is 3.59. The van der Waals surface area contributed by atoms with Crippen LogP contribution in [0.4, 0.5) is 11.5 Å². The molecule has 1 fully saturated rings. The van der Waals surface area contributed by atoms with Gasteiger partial charge in [-0.2, -0.15) is 0 Å². The Balaban J connectivity index is 1.50. The van der Waals surface area contributed by atoms with Crippen LogP contribution in [0.15, 0.2) is 54.7 Å². The van der Waals surface area contributed by atoms with Crippen molar-refractivity contribution in [3.05, 3.63) is 60.4 Å². The lowest BCUT2D eigenvalue weighted by Gasteiger charge is -2.21. The molecule has 1 aliphatic rings. The van der Waals surface area contributed by atoms with Crippen molar-refractivity contribution < 1.29 is 0 Å². The van der Waals surface area contributed by atoms with Gasteiger partial charge in [-0.15, -0.1) is 0 Å². The molecular formula is C21H24N4. The number of pyridine rings is 2. The third-order valence-electron chi connectivity index (χ3n) is 4.97. The summed E-state index contributed by atoms with van der Waals surface area (Å²) >= 11 is 0. The van der Waals surface area contributed by atoms with Crippen molar-refractivity contribution in [3.8, 4) is 0 Å². The number of fused-ring (bicyclic) bond motifs is 1. The molecule has 1 aliphatic heterocycles. The quantitative estimate of drug-likeness (QED) is 0.763. The zero-order valence-corrected chi connectivity index (χ0v) is 14.7. The highest BCUT2D eigenvalue weighted by molar-refractivity contribution is 5.92. The molecule has 3 aromatic rings. The molecule has 0 saturated carbocycles. The summed E-state index contributed by atoms with van der Waals surface area (Å²) in [7, 11) is 0. The monoisotopic (exact) mass is 332 g/mol. The molecule has 4 rings (SSSR count). The van der Waals surface area contributed by atoms with Crippen LogP contribution in [0.1, 0.15) is 19.0 Å². The first-order valence-electron chi connectivity index (χ1n) is 9.12. The van der Waals surface area contributed by atoms with Crippen LogP contribution in [0.3, 0.4) is 0 Å². The zero-order valence-electron chi connectivity index (χ0n) is 14.7. The Kier molecular flexibility index (Phi) is 4.51. The van der Waals surface area contributed by atoms with Crippen molar-refractivity contribution in [1.29, 1.82) is 0 Å². The highest BCUT2D eigenvalue weighted by Gasteiger charge is 2.24. The average molecular weight is 332 g/mol. The molecule has 1 saturated heterocycles. The topological polar surface area (TPSA) is 41.0 Å². The first-order valence-corrected chi connectivity index (χ1v) is 9.12. The number of aryl methyl sites for hydroxylation is 1. The number of aromatic nitrogens is 2. The van der Waals surface area contributed by atoms with Crippen LogP contribution in [0.5, 0.6) is 0 Å². The average Bonchev–Trinajstić information content (AvgIpc) is 3.15. The maximum Gasteiger partial charge on any atom is 0.125 e. The first kappa shape index (κ1) is 15.9. The van der Waals surface area contributed by atoms with Gasteiger partial charge in [-0.25, -0.2) is 4.98 Å². The van der Waals surface area contributed by atoms with Crippen LogP contribution in [-0.4, -0.2) is 29.6 Å². The summed E-state index contributed by atoms with van der Waals surface area (Å²) < 4.78 is 0. The summed E-state index contributed by atoms with van der Waals surface area (Å²) in [5, 5.41) is 4.73. The highest BCUT2D eigenvalue weighted by Crippen LogP contribution is 2.31. The third kappa shape index (κ3) is 3.43. The van der Waals surface area contributed by atoms with Crippen LogP contribution in [-0.2, 0) is 6.42 Å². The van der Waals surface area contributed by atoms with E-state index in [1.165, 1.54) is 23.2 Å². The predicted octanol–water partition coefficient (Wildman–Crippen LogP) is 4.13. The normalized spacial score (nSPS) is 17.2. The minimum absolute atomic E-state index is 0.638. The van der Waals surface area contributed by atoms with Gasteiger partial charge in [0, 0.05) is 42.6 Å². The Morgan fingerprint density at radius 2 is 2.04 bits per heavy atom. The van der Waals surface area contributed by atoms with Crippen molar-refractivity contribution >= 4 is 22.4 Å². The van der Waals surface area contributed by atoms with Gasteiger partial charge in [-0.1, -0.05) is 31.2 Å². The van der Waals surface area contributed by atoms with Crippen LogP contribution < -0.4 is 10.2 Å². The molecule has 0 radical (unpaired) electrons. The molecule has 0 aliphatic carbocycles. The van der Waals surface area contributed by atoms with E-state index in [9.17, 15) is 0 Å². The Hall–Kier alpha value is -2.62. The summed E-state index contributed by atoms with van der Waals surface area (Å²) in [5.74, 6) is 1.60. The maximum absolute atomic E-state index is 4.77. The Bertz CT molecular complexity index is 847. The molecule has 3 heterocycles. The Morgan fingerprint density at radius 3 is 2.88 bits per heavy atom. The van der Waals surface area contributed by atoms with Gasteiger partial charge in [0.1, 0.15) is 5.82 Å². The standard InChI is InChI=1S/C21H24N4/c1-2-17-13-20(18-7-3-4-8-19(18)24-17)25-12-10-16(15-25)14-23-21-9-5-6-11-22-21/h3-9,11,13,16H,2,10,12,14-15H2,1H3,(H,22,23). The minimum Gasteiger partial charge on any atom is -0.371 e. The fraction of sp³-hybridized carbons (Fsp3) is 0.333. The van der Waals surface area contributed by atoms with E-state index in [1.54, 1.807) is 0 Å². The number of para-hydroxylation sites is 1. The molecule has 0 spiro atoms. The van der Waals surface area contributed by atoms with Crippen molar-refractivity contribution in [2.75, 3.05) is 29.9 Å². The highest BCUT2D eigenvalue weighted by atomic mass is 15.2. The van der Waals surface area contributed by atoms with Gasteiger partial charge in [0.05, 0.1) is 5.52 Å². The van der Waals surface area contributed by atoms with Crippen molar-refractivity contribution in [3.63, 3.8) is 0 Å². The van der Waals surface area contributed by atoms with Crippen LogP contribution >= 0.6 is 0 Å². The number of hydrogen-bond donors (Lipinski definition) is 1. The molecule has 0 amide bonds. The van der Waals surface area contributed by atoms with E-state index in [0.717, 1.165) is 37.4 Å². The van der Waals surface area contributed by atoms with Crippen molar-refractivity contribution in [2.24, 2.45) is 5.92 Å². The number of nitrogens with one attached hydrogen (secondary N) is 1. The molecule has 1 aromatic carbocycles. The number of hydrogen-bond acceptors (Lipinski definition) is 4. The molecule has 4 nitrogen and oxygen atoms in total. The first-order chi connectivity index (χ1) is 12.3. The number of anilines is 2. The van der Waals surface area contributed by atoms with Crippen molar-refractivity contribution in [2.45, 2.75) is 19.8 Å². The second-order valence-electron chi connectivity index (χ2n) is 6.70. The third-order valence-corrected chi connectivity index (χ3v) is 4.97. The number of nitrogens with zero attached hydrogens (tertiary/aromatic N) is 3. The Morgan fingerprint density at radius 1 is 1.16 bits per heavy atom. The lowest BCUT2D eigenvalue weighted by Crippen LogP contribution is -2.23. The summed E-state index contributed by atoms with van der Waals surface area (Å²) in [4.78, 5) is 11.6. The fourth-order valence-corrected chi connectivity index (χ4v) is 3.59. The van der Waals surface area contributed by atoms with E-state index >= 15 is 0 Å². The van der Waals surface area contributed by atoms with Crippen LogP contribution in [0.2, 0.25) is 0 Å². The molecule has 2 aromatic heterocycles. The summed E-state index contributed by atoms with van der Waals surface area (Å²) in [5.41, 5.74) is 3.61. The molecule has 1 atom stereocenters. The summed E-state index contributed by atoms with van der Waals surface area (Å²) in [6.45, 7) is 5.32. The number of benzene rings is 1. The lowest BCUT2D eigenvalue weighted by molar-refractivity contribution is 0.621. The minimum atomic E-state index is 0.638. The van der Waals surface area contributed by atoms with E-state index in [-0.39, 0.29) is 0 Å². The van der Waals surface area contributed by atoms with E-state index in [1.807, 2.05) is 24.4 Å². The molecule has 128 valence electrons. The second-order valence-corrected chi connectivity index (χ2v) is 6.70. The van der Waals surface area contributed by atoms with Gasteiger partial charge in [-0.3, -0.25) is 4.98 Å². The van der Waals surface area contributed by atoms with E-state index in [4.69, 9.17) is 4.98 Å². The smallest absolute Gasteiger partial charge is 0.125 e. The molecule has 1 unspecified atom stereocenters. The Labute approximate surface area is 148 Å². The van der Waals surface area contributed by atoms with Gasteiger partial charge in [0.25, 0.3) is 0 Å². The van der Waals surface area contributed by atoms with Crippen molar-refractivity contribution in [1.82, 2.24) is 9.97 Å². The van der Waals surface area contributed by atoms with E-state index in [2.05, 4.69) is 52.5 Å². The van der Waals surface area contributed by atoms with E-state index < -0.39 is 0 Å². The maximum atomic E-state index is 4.77. The largest absolute Gasteiger partial charge is 0.371 e. The van der Waals surface area contributed by atoms with E-state index in [0.29, 0.717) is 5.92 Å². The molecule has 0 bridgehead atoms. The van der Waals surface area contributed by atoms with Gasteiger partial charge < -0.3 is 10.2 Å². The van der Waals surface area contributed by atoms with Gasteiger partial charge >= 0.3 is 0 Å². The number of rotatable bonds is 5. The predicted molar refractivity (Wildman–Crippen MR) is 104 cm³/mol. The summed E-state index contributed by atoms with van der Waals surface area (Å²) in [6, 6.07) is 16.8. The summed E-state index contributed by atoms with van der Waals surface area (Å²) in [6.07, 6.45) is 4.01. The second kappa shape index (κ2) is 7.09. The van der Waals surface area contributed by atoms with Gasteiger partial charge in [0.15, 0.2) is 0 Å². The lowest BCUT2D eigenvalue weighted by atomic mass is 10.1. The van der Waals surface area contributed by atoms with Gasteiger partial charge in [0.2, 0.25) is 0 Å². The zero-order chi connectivity index (χ0) is 17.1. The molecule has 1 N–H and O–H groups in total.